The van der Waals surface area contributed by atoms with Crippen LogP contribution in [0.2, 0.25) is 0 Å². The summed E-state index contributed by atoms with van der Waals surface area (Å²) < 4.78 is 5.22. The summed E-state index contributed by atoms with van der Waals surface area (Å²) in [5.41, 5.74) is 5.48. The number of anilines is 2. The van der Waals surface area contributed by atoms with E-state index < -0.39 is 6.04 Å². The van der Waals surface area contributed by atoms with Crippen molar-refractivity contribution >= 4 is 11.9 Å². The van der Waals surface area contributed by atoms with E-state index >= 15 is 0 Å². The van der Waals surface area contributed by atoms with Gasteiger partial charge in [0.1, 0.15) is 0 Å². The van der Waals surface area contributed by atoms with Crippen molar-refractivity contribution in [3.8, 4) is 6.01 Å². The number of nitrogens with one attached hydrogen (secondary N) is 1. The second kappa shape index (κ2) is 6.81. The molecular formula is C9H17N5O3. The molecule has 0 saturated heterocycles. The summed E-state index contributed by atoms with van der Waals surface area (Å²) in [4.78, 5) is 11.6. The number of nitrogen functional groups attached to an aromatic ring is 1. The van der Waals surface area contributed by atoms with Crippen molar-refractivity contribution in [2.45, 2.75) is 19.4 Å². The number of aromatic nitrogens is 3. The van der Waals surface area contributed by atoms with Crippen molar-refractivity contribution in [3.63, 3.8) is 0 Å². The Morgan fingerprint density at radius 2 is 2.00 bits per heavy atom. The number of aliphatic hydroxyl groups is 2. The number of aliphatic hydroxyl groups excluding tert-OH is 2. The molecule has 0 amide bonds. The van der Waals surface area contributed by atoms with Gasteiger partial charge in [0, 0.05) is 0 Å². The van der Waals surface area contributed by atoms with Gasteiger partial charge in [0.2, 0.25) is 11.9 Å². The summed E-state index contributed by atoms with van der Waals surface area (Å²) in [6, 6.07) is -0.424. The maximum atomic E-state index is 8.91. The van der Waals surface area contributed by atoms with Crippen molar-refractivity contribution in [2.75, 3.05) is 30.9 Å². The van der Waals surface area contributed by atoms with Gasteiger partial charge in [-0.05, 0) is 6.42 Å². The van der Waals surface area contributed by atoms with Crippen molar-refractivity contribution in [1.29, 1.82) is 0 Å². The summed E-state index contributed by atoms with van der Waals surface area (Å²) in [5, 5.41) is 20.5. The highest BCUT2D eigenvalue weighted by Gasteiger charge is 2.10. The Hall–Kier alpha value is -1.67. The van der Waals surface area contributed by atoms with Crippen LogP contribution in [0.5, 0.6) is 6.01 Å². The zero-order valence-corrected chi connectivity index (χ0v) is 9.63. The molecule has 0 aliphatic rings. The number of nitrogens with zero attached hydrogens (tertiary/aromatic N) is 3. The SMILES string of the molecule is CCCOc1nc(N)nc(NC(CO)CO)n1. The van der Waals surface area contributed by atoms with Crippen LogP contribution in [0.15, 0.2) is 0 Å². The Balaban J connectivity index is 2.74. The molecule has 0 radical (unpaired) electrons. The molecule has 96 valence electrons. The highest BCUT2D eigenvalue weighted by atomic mass is 16.5. The maximum Gasteiger partial charge on any atom is 0.323 e. The molecule has 8 nitrogen and oxygen atoms in total. The minimum absolute atomic E-state index is 0.0169. The number of ether oxygens (including phenoxy) is 1. The predicted octanol–water partition coefficient (Wildman–Crippen LogP) is -0.992. The van der Waals surface area contributed by atoms with Crippen LogP contribution in [-0.4, -0.2) is 51.0 Å². The van der Waals surface area contributed by atoms with Gasteiger partial charge in [0.05, 0.1) is 25.9 Å². The third-order valence-corrected chi connectivity index (χ3v) is 1.84. The maximum absolute atomic E-state index is 8.91. The van der Waals surface area contributed by atoms with Gasteiger partial charge in [-0.3, -0.25) is 0 Å². The highest BCUT2D eigenvalue weighted by molar-refractivity contribution is 5.33. The van der Waals surface area contributed by atoms with Crippen molar-refractivity contribution in [3.05, 3.63) is 0 Å². The zero-order valence-electron chi connectivity index (χ0n) is 9.63. The van der Waals surface area contributed by atoms with Crippen LogP contribution in [-0.2, 0) is 0 Å². The highest BCUT2D eigenvalue weighted by Crippen LogP contribution is 2.09. The second-order valence-electron chi connectivity index (χ2n) is 3.35. The third kappa shape index (κ3) is 4.37. The van der Waals surface area contributed by atoms with Gasteiger partial charge in [-0.15, -0.1) is 0 Å². The molecule has 0 atom stereocenters. The van der Waals surface area contributed by atoms with E-state index in [0.29, 0.717) is 6.61 Å². The third-order valence-electron chi connectivity index (χ3n) is 1.84. The fourth-order valence-corrected chi connectivity index (χ4v) is 1.03. The minimum atomic E-state index is -0.546. The largest absolute Gasteiger partial charge is 0.463 e. The lowest BCUT2D eigenvalue weighted by Gasteiger charge is -2.13. The standard InChI is InChI=1S/C9H17N5O3/c1-2-3-17-9-13-7(10)12-8(14-9)11-6(4-15)5-16/h6,15-16H,2-5H2,1H3,(H3,10,11,12,13,14). The molecule has 0 aliphatic heterocycles. The lowest BCUT2D eigenvalue weighted by molar-refractivity contribution is 0.203. The van der Waals surface area contributed by atoms with Crippen LogP contribution < -0.4 is 15.8 Å². The normalized spacial score (nSPS) is 10.6. The van der Waals surface area contributed by atoms with Gasteiger partial charge in [-0.1, -0.05) is 6.92 Å². The molecule has 0 aliphatic carbocycles. The molecule has 0 saturated carbocycles. The van der Waals surface area contributed by atoms with Gasteiger partial charge in [-0.25, -0.2) is 0 Å². The first-order valence-corrected chi connectivity index (χ1v) is 5.32. The lowest BCUT2D eigenvalue weighted by Crippen LogP contribution is -2.29. The van der Waals surface area contributed by atoms with Crippen LogP contribution in [0, 0.1) is 0 Å². The van der Waals surface area contributed by atoms with E-state index in [1.165, 1.54) is 0 Å². The van der Waals surface area contributed by atoms with Gasteiger partial charge < -0.3 is 26.0 Å². The topological polar surface area (TPSA) is 126 Å². The Morgan fingerprint density at radius 3 is 2.59 bits per heavy atom. The molecule has 0 unspecified atom stereocenters. The van der Waals surface area contributed by atoms with Gasteiger partial charge in [0.25, 0.3) is 0 Å². The van der Waals surface area contributed by atoms with E-state index in [0.717, 1.165) is 6.42 Å². The molecule has 0 aromatic carbocycles. The Morgan fingerprint density at radius 1 is 1.29 bits per heavy atom. The Labute approximate surface area is 98.9 Å². The fraction of sp³-hybridized carbons (Fsp3) is 0.667. The van der Waals surface area contributed by atoms with Crippen LogP contribution in [0.4, 0.5) is 11.9 Å². The predicted molar refractivity (Wildman–Crippen MR) is 61.6 cm³/mol. The summed E-state index contributed by atoms with van der Waals surface area (Å²) in [6.45, 7) is 1.95. The van der Waals surface area contributed by atoms with E-state index in [1.54, 1.807) is 0 Å². The molecule has 1 aromatic heterocycles. The van der Waals surface area contributed by atoms with Crippen LogP contribution in [0.3, 0.4) is 0 Å². The van der Waals surface area contributed by atoms with Gasteiger partial charge in [0.15, 0.2) is 0 Å². The van der Waals surface area contributed by atoms with E-state index in [2.05, 4.69) is 20.3 Å². The summed E-state index contributed by atoms with van der Waals surface area (Å²) in [6.07, 6.45) is 0.824. The first-order valence-electron chi connectivity index (χ1n) is 5.32. The molecule has 8 heteroatoms. The van der Waals surface area contributed by atoms with Crippen molar-refractivity contribution in [1.82, 2.24) is 15.0 Å². The zero-order chi connectivity index (χ0) is 12.7. The van der Waals surface area contributed by atoms with E-state index in [1.807, 2.05) is 6.92 Å². The van der Waals surface area contributed by atoms with E-state index in [-0.39, 0.29) is 31.1 Å². The molecular weight excluding hydrogens is 226 g/mol. The average molecular weight is 243 g/mol. The summed E-state index contributed by atoms with van der Waals surface area (Å²) in [7, 11) is 0. The molecule has 0 bridgehead atoms. The van der Waals surface area contributed by atoms with Crippen molar-refractivity contribution < 1.29 is 14.9 Å². The monoisotopic (exact) mass is 243 g/mol. The van der Waals surface area contributed by atoms with E-state index in [9.17, 15) is 0 Å². The number of hydrogen-bond acceptors (Lipinski definition) is 8. The first kappa shape index (κ1) is 13.4. The fourth-order valence-electron chi connectivity index (χ4n) is 1.03. The second-order valence-corrected chi connectivity index (χ2v) is 3.35. The molecule has 1 aromatic rings. The molecule has 0 fully saturated rings. The number of nitrogens with two attached hydrogens (primary N) is 1. The lowest BCUT2D eigenvalue weighted by atomic mass is 10.3. The molecule has 1 heterocycles. The molecule has 5 N–H and O–H groups in total. The van der Waals surface area contributed by atoms with Crippen LogP contribution >= 0.6 is 0 Å². The minimum Gasteiger partial charge on any atom is -0.463 e. The number of rotatable bonds is 7. The number of hydrogen-bond donors (Lipinski definition) is 4. The van der Waals surface area contributed by atoms with Gasteiger partial charge >= 0.3 is 6.01 Å². The first-order chi connectivity index (χ1) is 8.19. The quantitative estimate of drug-likeness (QED) is 0.480. The van der Waals surface area contributed by atoms with Crippen molar-refractivity contribution in [2.24, 2.45) is 0 Å². The Bertz CT molecular complexity index is 345. The van der Waals surface area contributed by atoms with Crippen LogP contribution in [0.1, 0.15) is 13.3 Å². The molecule has 17 heavy (non-hydrogen) atoms. The van der Waals surface area contributed by atoms with Gasteiger partial charge in [-0.2, -0.15) is 15.0 Å². The van der Waals surface area contributed by atoms with E-state index in [4.69, 9.17) is 20.7 Å². The summed E-state index contributed by atoms with van der Waals surface area (Å²) >= 11 is 0. The molecule has 1 rings (SSSR count). The molecule has 0 spiro atoms. The average Bonchev–Trinajstić information content (AvgIpc) is 2.32. The van der Waals surface area contributed by atoms with Crippen LogP contribution in [0.25, 0.3) is 0 Å². The Kier molecular flexibility index (Phi) is 5.37. The summed E-state index contributed by atoms with van der Waals surface area (Å²) in [5.74, 6) is 0.180. The smallest absolute Gasteiger partial charge is 0.323 e.